The maximum Gasteiger partial charge on any atom is 0.193 e. The topological polar surface area (TPSA) is 23.6 Å². The molecule has 0 heterocycles. The Morgan fingerprint density at radius 2 is 0.971 bits per heavy atom. The first-order chi connectivity index (χ1) is 16.4. The molecule has 0 amide bonds. The van der Waals surface area contributed by atoms with Gasteiger partial charge >= 0.3 is 0 Å². The molecule has 0 fully saturated rings. The molecule has 4 aromatic carbocycles. The molecule has 0 radical (unpaired) electrons. The molecule has 3 heteroatoms. The van der Waals surface area contributed by atoms with Crippen LogP contribution in [0.15, 0.2) is 97.1 Å². The number of ketones is 1. The molecule has 0 saturated carbocycles. The molecule has 0 aliphatic carbocycles. The van der Waals surface area contributed by atoms with Crippen LogP contribution in [0.4, 0.5) is 0 Å². The van der Waals surface area contributed by atoms with Crippen molar-refractivity contribution in [2.45, 2.75) is 0 Å². The van der Waals surface area contributed by atoms with Crippen LogP contribution in [-0.2, 0) is 4.79 Å². The number of hydrogen-bond donors (Lipinski definition) is 0. The van der Waals surface area contributed by atoms with E-state index in [4.69, 9.17) is 0 Å². The van der Waals surface area contributed by atoms with Gasteiger partial charge in [0.25, 0.3) is 0 Å². The maximum atomic E-state index is 14.2. The first-order valence-electron chi connectivity index (χ1n) is 11.7. The van der Waals surface area contributed by atoms with Crippen molar-refractivity contribution < 1.29 is 4.79 Å². The van der Waals surface area contributed by atoms with E-state index in [2.05, 4.69) is 82.6 Å². The zero-order valence-corrected chi connectivity index (χ0v) is 20.5. The van der Waals surface area contributed by atoms with E-state index >= 15 is 0 Å². The summed E-state index contributed by atoms with van der Waals surface area (Å²) in [6.07, 6.45) is 4.11. The molecule has 4 rings (SSSR count). The summed E-state index contributed by atoms with van der Waals surface area (Å²) in [5.41, 5.74) is 3.36. The average molecular weight is 449 g/mol. The van der Waals surface area contributed by atoms with Gasteiger partial charge in [-0.1, -0.05) is 84.9 Å². The van der Waals surface area contributed by atoms with Gasteiger partial charge in [0.05, 0.1) is 0 Å². The van der Waals surface area contributed by atoms with Crippen molar-refractivity contribution in [3.05, 3.63) is 108 Å². The van der Waals surface area contributed by atoms with Crippen LogP contribution in [-0.4, -0.2) is 56.9 Å². The minimum atomic E-state index is 0.0502. The summed E-state index contributed by atoms with van der Waals surface area (Å²) in [5.74, 6) is 0.0502. The van der Waals surface area contributed by atoms with Gasteiger partial charge in [-0.25, -0.2) is 0 Å². The van der Waals surface area contributed by atoms with Gasteiger partial charge in [-0.2, -0.15) is 0 Å². The summed E-state index contributed by atoms with van der Waals surface area (Å²) in [6.45, 7) is 1.37. The largest absolute Gasteiger partial charge is 0.306 e. The average Bonchev–Trinajstić information content (AvgIpc) is 2.83. The first kappa shape index (κ1) is 23.6. The Kier molecular flexibility index (Phi) is 7.36. The van der Waals surface area contributed by atoms with Crippen molar-refractivity contribution in [1.29, 1.82) is 0 Å². The molecule has 0 spiro atoms. The maximum absolute atomic E-state index is 14.2. The summed E-state index contributed by atoms with van der Waals surface area (Å²) in [7, 11) is 8.08. The van der Waals surface area contributed by atoms with E-state index in [1.165, 1.54) is 10.8 Å². The highest BCUT2D eigenvalue weighted by Crippen LogP contribution is 2.29. The minimum Gasteiger partial charge on any atom is -0.306 e. The number of carbonyl (C=O) groups is 1. The van der Waals surface area contributed by atoms with Crippen molar-refractivity contribution in [2.75, 3.05) is 41.3 Å². The van der Waals surface area contributed by atoms with Crippen LogP contribution in [0, 0.1) is 0 Å². The molecular weight excluding hydrogens is 416 g/mol. The number of allylic oxidation sites excluding steroid dienone is 2. The standard InChI is InChI=1S/C31H32N2O/c1-32(2)19-17-29(27-15-13-23-9-5-7-11-25(23)21-27)31(34)30(18-20-33(3)4)28-16-14-24-10-6-8-12-26(24)22-28/h5-18,21-22H,19-20H2,1-4H3. The van der Waals surface area contributed by atoms with E-state index in [9.17, 15) is 4.79 Å². The van der Waals surface area contributed by atoms with Gasteiger partial charge in [0.1, 0.15) is 0 Å². The van der Waals surface area contributed by atoms with Crippen LogP contribution >= 0.6 is 0 Å². The number of carbonyl (C=O) groups excluding carboxylic acids is 1. The lowest BCUT2D eigenvalue weighted by atomic mass is 9.90. The lowest BCUT2D eigenvalue weighted by molar-refractivity contribution is -0.108. The van der Waals surface area contributed by atoms with Crippen LogP contribution < -0.4 is 0 Å². The van der Waals surface area contributed by atoms with E-state index in [-0.39, 0.29) is 5.78 Å². The van der Waals surface area contributed by atoms with Gasteiger partial charge in [0, 0.05) is 24.2 Å². The fraction of sp³-hybridized carbons (Fsp3) is 0.194. The Morgan fingerprint density at radius 1 is 0.588 bits per heavy atom. The van der Waals surface area contributed by atoms with Crippen molar-refractivity contribution in [3.63, 3.8) is 0 Å². The molecule has 0 unspecified atom stereocenters. The normalized spacial score (nSPS) is 12.8. The lowest BCUT2D eigenvalue weighted by Crippen LogP contribution is -2.15. The Balaban J connectivity index is 1.83. The number of likely N-dealkylation sites (N-methyl/N-ethyl adjacent to an activating group) is 2. The van der Waals surface area contributed by atoms with Crippen LogP contribution in [0.5, 0.6) is 0 Å². The predicted octanol–water partition coefficient (Wildman–Crippen LogP) is 6.15. The highest BCUT2D eigenvalue weighted by Gasteiger charge is 2.19. The second kappa shape index (κ2) is 10.6. The van der Waals surface area contributed by atoms with E-state index in [0.717, 1.165) is 33.0 Å². The molecule has 0 saturated heterocycles. The van der Waals surface area contributed by atoms with Crippen molar-refractivity contribution in [2.24, 2.45) is 0 Å². The van der Waals surface area contributed by atoms with Crippen LogP contribution in [0.3, 0.4) is 0 Å². The molecule has 0 aliphatic heterocycles. The van der Waals surface area contributed by atoms with E-state index in [1.54, 1.807) is 0 Å². The molecule has 172 valence electrons. The predicted molar refractivity (Wildman–Crippen MR) is 146 cm³/mol. The third kappa shape index (κ3) is 5.51. The summed E-state index contributed by atoms with van der Waals surface area (Å²) in [5, 5.41) is 4.60. The monoisotopic (exact) mass is 448 g/mol. The lowest BCUT2D eigenvalue weighted by Gasteiger charge is -2.15. The van der Waals surface area contributed by atoms with Gasteiger partial charge in [-0.3, -0.25) is 4.79 Å². The summed E-state index contributed by atoms with van der Waals surface area (Å²) in [4.78, 5) is 18.3. The van der Waals surface area contributed by atoms with Crippen molar-refractivity contribution >= 4 is 38.5 Å². The summed E-state index contributed by atoms with van der Waals surface area (Å²) in [6, 6.07) is 29.1. The SMILES string of the molecule is CN(C)CC=C(C(=O)C(=CCN(C)C)c1ccc2ccccc2c1)c1ccc2ccccc2c1. The first-order valence-corrected chi connectivity index (χ1v) is 11.7. The number of Topliss-reactive ketones (excluding diaryl/α,β-unsaturated/α-hetero) is 1. The van der Waals surface area contributed by atoms with Crippen LogP contribution in [0.1, 0.15) is 11.1 Å². The minimum absolute atomic E-state index is 0.0502. The van der Waals surface area contributed by atoms with E-state index < -0.39 is 0 Å². The third-order valence-electron chi connectivity index (χ3n) is 5.93. The molecule has 0 aliphatic rings. The Labute approximate surface area is 202 Å². The highest BCUT2D eigenvalue weighted by molar-refractivity contribution is 6.42. The number of nitrogens with zero attached hydrogens (tertiary/aromatic N) is 2. The van der Waals surface area contributed by atoms with E-state index in [1.807, 2.05) is 52.5 Å². The molecule has 4 aromatic rings. The number of hydrogen-bond acceptors (Lipinski definition) is 3. The second-order valence-corrected chi connectivity index (χ2v) is 9.21. The smallest absolute Gasteiger partial charge is 0.193 e. The zero-order valence-electron chi connectivity index (χ0n) is 20.5. The Morgan fingerprint density at radius 3 is 1.35 bits per heavy atom. The Bertz CT molecular complexity index is 1270. The van der Waals surface area contributed by atoms with Crippen LogP contribution in [0.25, 0.3) is 32.7 Å². The van der Waals surface area contributed by atoms with Crippen LogP contribution in [0.2, 0.25) is 0 Å². The molecule has 0 aromatic heterocycles. The zero-order chi connectivity index (χ0) is 24.1. The highest BCUT2D eigenvalue weighted by atomic mass is 16.1. The molecule has 0 bridgehead atoms. The van der Waals surface area contributed by atoms with Gasteiger partial charge in [-0.15, -0.1) is 0 Å². The second-order valence-electron chi connectivity index (χ2n) is 9.21. The summed E-state index contributed by atoms with van der Waals surface area (Å²) >= 11 is 0. The summed E-state index contributed by atoms with van der Waals surface area (Å²) < 4.78 is 0. The van der Waals surface area contributed by atoms with Gasteiger partial charge in [0.15, 0.2) is 5.78 Å². The third-order valence-corrected chi connectivity index (χ3v) is 5.93. The fourth-order valence-electron chi connectivity index (χ4n) is 4.09. The van der Waals surface area contributed by atoms with Crippen molar-refractivity contribution in [1.82, 2.24) is 9.80 Å². The fourth-order valence-corrected chi connectivity index (χ4v) is 4.09. The van der Waals surface area contributed by atoms with Gasteiger partial charge < -0.3 is 9.80 Å². The van der Waals surface area contributed by atoms with Gasteiger partial charge in [0.2, 0.25) is 0 Å². The van der Waals surface area contributed by atoms with E-state index in [0.29, 0.717) is 13.1 Å². The Hall–Kier alpha value is -3.53. The van der Waals surface area contributed by atoms with Crippen molar-refractivity contribution in [3.8, 4) is 0 Å². The number of fused-ring (bicyclic) bond motifs is 2. The number of benzene rings is 4. The molecule has 0 atom stereocenters. The van der Waals surface area contributed by atoms with Gasteiger partial charge in [-0.05, 0) is 73.0 Å². The number of rotatable bonds is 8. The molecule has 0 N–H and O–H groups in total. The molecule has 3 nitrogen and oxygen atoms in total. The molecular formula is C31H32N2O. The molecule has 34 heavy (non-hydrogen) atoms. The quantitative estimate of drug-likeness (QED) is 0.302.